The Morgan fingerprint density at radius 3 is 2.92 bits per heavy atom. The molecule has 4 rings (SSSR count). The first-order valence-corrected chi connectivity index (χ1v) is 9.42. The van der Waals surface area contributed by atoms with Gasteiger partial charge in [0, 0.05) is 42.9 Å². The molecule has 2 aromatic heterocycles. The highest BCUT2D eigenvalue weighted by atomic mass is 19.1. The molecule has 26 heavy (non-hydrogen) atoms. The summed E-state index contributed by atoms with van der Waals surface area (Å²) in [6, 6.07) is 3.87. The van der Waals surface area contributed by atoms with Crippen LogP contribution in [0.1, 0.15) is 37.3 Å². The minimum atomic E-state index is -0.858. The number of alkyl halides is 1. The number of hydrogen-bond donors (Lipinski definition) is 3. The summed E-state index contributed by atoms with van der Waals surface area (Å²) in [5, 5.41) is 13.8. The predicted molar refractivity (Wildman–Crippen MR) is 99.6 cm³/mol. The van der Waals surface area contributed by atoms with Crippen LogP contribution < -0.4 is 15.5 Å². The van der Waals surface area contributed by atoms with Crippen molar-refractivity contribution in [3.05, 3.63) is 24.0 Å². The van der Waals surface area contributed by atoms with E-state index in [9.17, 15) is 4.39 Å². The van der Waals surface area contributed by atoms with Gasteiger partial charge >= 0.3 is 0 Å². The number of H-pyrrole nitrogens is 1. The van der Waals surface area contributed by atoms with Crippen molar-refractivity contribution < 1.29 is 4.39 Å². The molecule has 140 valence electrons. The third-order valence-corrected chi connectivity index (χ3v) is 5.40. The van der Waals surface area contributed by atoms with Gasteiger partial charge in [0.05, 0.1) is 6.54 Å². The van der Waals surface area contributed by atoms with E-state index in [0.717, 1.165) is 5.82 Å². The molecule has 0 radical (unpaired) electrons. The van der Waals surface area contributed by atoms with Gasteiger partial charge in [0.1, 0.15) is 12.0 Å². The molecule has 1 aliphatic carbocycles. The third-order valence-electron chi connectivity index (χ3n) is 5.40. The Labute approximate surface area is 152 Å². The molecule has 1 aliphatic heterocycles. The van der Waals surface area contributed by atoms with E-state index in [2.05, 4.69) is 36.9 Å². The molecule has 2 atom stereocenters. The fourth-order valence-electron chi connectivity index (χ4n) is 4.00. The molecule has 0 amide bonds. The van der Waals surface area contributed by atoms with Gasteiger partial charge in [-0.2, -0.15) is 10.1 Å². The second-order valence-corrected chi connectivity index (χ2v) is 7.30. The van der Waals surface area contributed by atoms with E-state index >= 15 is 0 Å². The lowest BCUT2D eigenvalue weighted by Crippen LogP contribution is -2.26. The zero-order chi connectivity index (χ0) is 17.9. The Bertz CT molecular complexity index is 728. The molecule has 2 fully saturated rings. The molecule has 2 aliphatic rings. The van der Waals surface area contributed by atoms with Gasteiger partial charge in [0.15, 0.2) is 5.82 Å². The summed E-state index contributed by atoms with van der Waals surface area (Å²) in [6.45, 7) is 1.62. The van der Waals surface area contributed by atoms with Crippen LogP contribution in [0.2, 0.25) is 0 Å². The predicted octanol–water partition coefficient (Wildman–Crippen LogP) is 2.59. The van der Waals surface area contributed by atoms with Gasteiger partial charge in [-0.15, -0.1) is 0 Å². The second kappa shape index (κ2) is 7.57. The minimum Gasteiger partial charge on any atom is -0.337 e. The molecule has 1 saturated carbocycles. The molecule has 3 N–H and O–H groups in total. The number of aromatic nitrogens is 4. The van der Waals surface area contributed by atoms with Gasteiger partial charge in [0.2, 0.25) is 5.95 Å². The zero-order valence-corrected chi connectivity index (χ0v) is 15.1. The Hall–Kier alpha value is -2.22. The number of anilines is 3. The third kappa shape index (κ3) is 3.65. The highest BCUT2D eigenvalue weighted by molar-refractivity contribution is 5.53. The van der Waals surface area contributed by atoms with Crippen molar-refractivity contribution in [2.45, 2.75) is 37.8 Å². The van der Waals surface area contributed by atoms with Gasteiger partial charge < -0.3 is 15.5 Å². The van der Waals surface area contributed by atoms with Crippen LogP contribution in [0.4, 0.5) is 22.0 Å². The lowest BCUT2D eigenvalue weighted by atomic mass is 10.0. The fraction of sp³-hybridized carbons (Fsp3) is 0.611. The topological polar surface area (TPSA) is 81.8 Å². The van der Waals surface area contributed by atoms with Crippen LogP contribution in [0.3, 0.4) is 0 Å². The lowest BCUT2D eigenvalue weighted by molar-refractivity contribution is 0.280. The van der Waals surface area contributed by atoms with E-state index in [-0.39, 0.29) is 5.92 Å². The Balaban J connectivity index is 1.43. The van der Waals surface area contributed by atoms with Crippen LogP contribution in [0.25, 0.3) is 0 Å². The molecule has 7 nitrogen and oxygen atoms in total. The normalized spacial score (nSPS) is 23.7. The van der Waals surface area contributed by atoms with Crippen LogP contribution in [-0.4, -0.2) is 53.0 Å². The zero-order valence-electron chi connectivity index (χ0n) is 15.1. The van der Waals surface area contributed by atoms with E-state index in [4.69, 9.17) is 0 Å². The van der Waals surface area contributed by atoms with Crippen molar-refractivity contribution in [2.24, 2.45) is 5.92 Å². The summed E-state index contributed by atoms with van der Waals surface area (Å²) < 4.78 is 14.1. The summed E-state index contributed by atoms with van der Waals surface area (Å²) in [5.74, 6) is 2.55. The molecule has 1 saturated heterocycles. The standard InChI is InChI=1S/C18H26FN7/c1-20-9-13-10-26(11-14(13)19)18-21-7-6-16(23-18)22-17-8-15(24-25-17)12-4-2-3-5-12/h6-8,12-14,20H,2-5,9-11H2,1H3,(H2,21,22,23,24,25)/t13?,14-/m1/s1. The van der Waals surface area contributed by atoms with Gasteiger partial charge in [-0.1, -0.05) is 12.8 Å². The average molecular weight is 359 g/mol. The molecule has 0 aromatic carbocycles. The number of aromatic amines is 1. The highest BCUT2D eigenvalue weighted by Crippen LogP contribution is 2.34. The maximum Gasteiger partial charge on any atom is 0.227 e. The summed E-state index contributed by atoms with van der Waals surface area (Å²) >= 11 is 0. The molecule has 3 heterocycles. The molecule has 0 bridgehead atoms. The van der Waals surface area contributed by atoms with Crippen LogP contribution in [0.5, 0.6) is 0 Å². The molecule has 8 heteroatoms. The van der Waals surface area contributed by atoms with Gasteiger partial charge in [-0.25, -0.2) is 9.37 Å². The summed E-state index contributed by atoms with van der Waals surface area (Å²) in [4.78, 5) is 10.8. The first-order valence-electron chi connectivity index (χ1n) is 9.42. The number of rotatable bonds is 6. The minimum absolute atomic E-state index is 0.0273. The van der Waals surface area contributed by atoms with Crippen LogP contribution in [-0.2, 0) is 0 Å². The van der Waals surface area contributed by atoms with E-state index in [1.165, 1.54) is 31.4 Å². The number of hydrogen-bond acceptors (Lipinski definition) is 6. The first-order chi connectivity index (χ1) is 12.7. The van der Waals surface area contributed by atoms with E-state index in [1.54, 1.807) is 6.20 Å². The van der Waals surface area contributed by atoms with Crippen molar-refractivity contribution in [2.75, 3.05) is 36.9 Å². The maximum atomic E-state index is 14.1. The first kappa shape index (κ1) is 17.2. The summed E-state index contributed by atoms with van der Waals surface area (Å²) in [6.07, 6.45) is 5.89. The van der Waals surface area contributed by atoms with Gasteiger partial charge in [0.25, 0.3) is 0 Å². The fourth-order valence-corrected chi connectivity index (χ4v) is 4.00. The van der Waals surface area contributed by atoms with Crippen LogP contribution in [0, 0.1) is 5.92 Å². The van der Waals surface area contributed by atoms with Crippen molar-refractivity contribution in [3.8, 4) is 0 Å². The summed E-state index contributed by atoms with van der Waals surface area (Å²) in [5.41, 5.74) is 1.19. The average Bonchev–Trinajstić information content (AvgIpc) is 3.37. The van der Waals surface area contributed by atoms with Crippen molar-refractivity contribution in [1.29, 1.82) is 0 Å². The highest BCUT2D eigenvalue weighted by Gasteiger charge is 2.33. The van der Waals surface area contributed by atoms with Crippen molar-refractivity contribution in [1.82, 2.24) is 25.5 Å². The van der Waals surface area contributed by atoms with Crippen LogP contribution in [0.15, 0.2) is 18.3 Å². The number of nitrogens with zero attached hydrogens (tertiary/aromatic N) is 4. The SMILES string of the molecule is CNCC1CN(c2nccc(Nc3cc(C4CCCC4)[nH]n3)n2)C[C@H]1F. The lowest BCUT2D eigenvalue weighted by Gasteiger charge is -2.16. The van der Waals surface area contributed by atoms with E-state index in [1.807, 2.05) is 18.0 Å². The van der Waals surface area contributed by atoms with Crippen LogP contribution >= 0.6 is 0 Å². The Kier molecular flexibility index (Phi) is 5.01. The van der Waals surface area contributed by atoms with Gasteiger partial charge in [-0.05, 0) is 26.0 Å². The molecule has 1 unspecified atom stereocenters. The summed E-state index contributed by atoms with van der Waals surface area (Å²) in [7, 11) is 1.85. The largest absolute Gasteiger partial charge is 0.337 e. The molecular weight excluding hydrogens is 333 g/mol. The maximum absolute atomic E-state index is 14.1. The Morgan fingerprint density at radius 1 is 1.27 bits per heavy atom. The Morgan fingerprint density at radius 2 is 2.12 bits per heavy atom. The van der Waals surface area contributed by atoms with E-state index < -0.39 is 6.17 Å². The quantitative estimate of drug-likeness (QED) is 0.735. The van der Waals surface area contributed by atoms with Crippen molar-refractivity contribution in [3.63, 3.8) is 0 Å². The second-order valence-electron chi connectivity index (χ2n) is 7.30. The van der Waals surface area contributed by atoms with Crippen molar-refractivity contribution >= 4 is 17.6 Å². The van der Waals surface area contributed by atoms with Gasteiger partial charge in [-0.3, -0.25) is 5.10 Å². The number of halogens is 1. The molecule has 2 aromatic rings. The molecule has 0 spiro atoms. The number of nitrogens with one attached hydrogen (secondary N) is 3. The van der Waals surface area contributed by atoms with E-state index in [0.29, 0.717) is 37.3 Å². The monoisotopic (exact) mass is 359 g/mol. The smallest absolute Gasteiger partial charge is 0.227 e. The molecular formula is C18H26FN7.